The van der Waals surface area contributed by atoms with E-state index in [2.05, 4.69) is 52.8 Å². The molecule has 1 aliphatic heterocycles. The van der Waals surface area contributed by atoms with E-state index in [0.29, 0.717) is 5.95 Å². The number of benzene rings is 2. The van der Waals surface area contributed by atoms with E-state index in [0.717, 1.165) is 16.8 Å². The molecule has 1 unspecified atom stereocenters. The number of rotatable bonds is 2. The van der Waals surface area contributed by atoms with E-state index in [1.54, 1.807) is 18.5 Å². The predicted molar refractivity (Wildman–Crippen MR) is 87.3 cm³/mol. The molecule has 2 aromatic carbocycles. The molecule has 0 spiro atoms. The van der Waals surface area contributed by atoms with E-state index in [9.17, 15) is 4.39 Å². The van der Waals surface area contributed by atoms with Crippen molar-refractivity contribution < 1.29 is 4.39 Å². The van der Waals surface area contributed by atoms with Crippen LogP contribution in [-0.4, -0.2) is 14.8 Å². The van der Waals surface area contributed by atoms with Gasteiger partial charge in [0.1, 0.15) is 12.1 Å². The molecule has 23 heavy (non-hydrogen) atoms. The van der Waals surface area contributed by atoms with Crippen LogP contribution in [0.25, 0.3) is 5.70 Å². The fourth-order valence-electron chi connectivity index (χ4n) is 2.74. The van der Waals surface area contributed by atoms with E-state index in [4.69, 9.17) is 0 Å². The lowest BCUT2D eigenvalue weighted by Crippen LogP contribution is -2.19. The number of hydrogen-bond donors (Lipinski definition) is 1. The quantitative estimate of drug-likeness (QED) is 0.783. The standard InChI is InChI=1S/C18H15FN4/c1-12-2-4-14(5-3-12)17-10-16(13-6-8-15(19)9-7-13)21-18-22-20-11-23(17)18/h2-11,16H,1H3,(H,21,22). The second-order valence-electron chi connectivity index (χ2n) is 5.62. The minimum Gasteiger partial charge on any atom is -0.344 e. The maximum absolute atomic E-state index is 13.2. The van der Waals surface area contributed by atoms with E-state index < -0.39 is 0 Å². The smallest absolute Gasteiger partial charge is 0.229 e. The Bertz CT molecular complexity index is 863. The van der Waals surface area contributed by atoms with Crippen molar-refractivity contribution >= 4 is 11.6 Å². The van der Waals surface area contributed by atoms with Crippen molar-refractivity contribution in [3.63, 3.8) is 0 Å². The lowest BCUT2D eigenvalue weighted by Gasteiger charge is -2.24. The summed E-state index contributed by atoms with van der Waals surface area (Å²) in [6.45, 7) is 2.06. The van der Waals surface area contributed by atoms with E-state index >= 15 is 0 Å². The number of hydrogen-bond acceptors (Lipinski definition) is 3. The molecule has 0 radical (unpaired) electrons. The molecule has 3 aromatic rings. The van der Waals surface area contributed by atoms with Crippen LogP contribution in [0.4, 0.5) is 10.3 Å². The molecule has 0 saturated heterocycles. The molecule has 1 aliphatic rings. The Morgan fingerprint density at radius 1 is 1.04 bits per heavy atom. The predicted octanol–water partition coefficient (Wildman–Crippen LogP) is 3.78. The van der Waals surface area contributed by atoms with E-state index in [1.807, 2.05) is 4.57 Å². The van der Waals surface area contributed by atoms with Gasteiger partial charge in [-0.15, -0.1) is 10.2 Å². The first-order valence-corrected chi connectivity index (χ1v) is 7.42. The third-order valence-corrected chi connectivity index (χ3v) is 3.99. The van der Waals surface area contributed by atoms with Crippen molar-refractivity contribution in [3.8, 4) is 0 Å². The maximum Gasteiger partial charge on any atom is 0.229 e. The molecule has 1 aromatic heterocycles. The van der Waals surface area contributed by atoms with Gasteiger partial charge in [-0.2, -0.15) is 0 Å². The highest BCUT2D eigenvalue weighted by Gasteiger charge is 2.22. The molecular weight excluding hydrogens is 291 g/mol. The Kier molecular flexibility index (Phi) is 3.19. The largest absolute Gasteiger partial charge is 0.344 e. The highest BCUT2D eigenvalue weighted by atomic mass is 19.1. The number of aryl methyl sites for hydroxylation is 1. The SMILES string of the molecule is Cc1ccc(C2=CC(c3ccc(F)cc3)Nc3nncn32)cc1. The zero-order valence-corrected chi connectivity index (χ0v) is 12.6. The third kappa shape index (κ3) is 2.50. The molecular formula is C18H15FN4. The van der Waals surface area contributed by atoms with Crippen molar-refractivity contribution in [3.05, 3.63) is 83.4 Å². The summed E-state index contributed by atoms with van der Waals surface area (Å²) in [6, 6.07) is 14.7. The Hall–Kier alpha value is -2.95. The summed E-state index contributed by atoms with van der Waals surface area (Å²) in [5, 5.41) is 11.4. The van der Waals surface area contributed by atoms with Crippen LogP contribution in [0.15, 0.2) is 60.9 Å². The van der Waals surface area contributed by atoms with Gasteiger partial charge >= 0.3 is 0 Å². The van der Waals surface area contributed by atoms with Gasteiger partial charge in [-0.05, 0) is 36.3 Å². The molecule has 0 fully saturated rings. The van der Waals surface area contributed by atoms with Gasteiger partial charge in [0.05, 0.1) is 11.7 Å². The van der Waals surface area contributed by atoms with Crippen LogP contribution in [0.5, 0.6) is 0 Å². The van der Waals surface area contributed by atoms with Gasteiger partial charge in [-0.25, -0.2) is 4.39 Å². The minimum atomic E-state index is -0.240. The Morgan fingerprint density at radius 2 is 1.78 bits per heavy atom. The van der Waals surface area contributed by atoms with Crippen molar-refractivity contribution in [2.45, 2.75) is 13.0 Å². The Balaban J connectivity index is 1.80. The van der Waals surface area contributed by atoms with Gasteiger partial charge in [0.2, 0.25) is 5.95 Å². The molecule has 5 heteroatoms. The van der Waals surface area contributed by atoms with Crippen LogP contribution < -0.4 is 5.32 Å². The van der Waals surface area contributed by atoms with Gasteiger partial charge in [0.15, 0.2) is 0 Å². The monoisotopic (exact) mass is 306 g/mol. The minimum absolute atomic E-state index is 0.0800. The number of fused-ring (bicyclic) bond motifs is 1. The lowest BCUT2D eigenvalue weighted by atomic mass is 10.0. The topological polar surface area (TPSA) is 42.7 Å². The van der Waals surface area contributed by atoms with Crippen LogP contribution in [0.1, 0.15) is 22.7 Å². The normalized spacial score (nSPS) is 16.4. The fraction of sp³-hybridized carbons (Fsp3) is 0.111. The second-order valence-corrected chi connectivity index (χ2v) is 5.62. The lowest BCUT2D eigenvalue weighted by molar-refractivity contribution is 0.626. The van der Waals surface area contributed by atoms with Crippen LogP contribution in [0.3, 0.4) is 0 Å². The summed E-state index contributed by atoms with van der Waals surface area (Å²) in [5.41, 5.74) is 4.29. The van der Waals surface area contributed by atoms with Gasteiger partial charge in [-0.3, -0.25) is 4.57 Å². The molecule has 0 bridgehead atoms. The number of nitrogens with zero attached hydrogens (tertiary/aromatic N) is 3. The number of halogens is 1. The molecule has 2 heterocycles. The van der Waals surface area contributed by atoms with Crippen molar-refractivity contribution in [2.24, 2.45) is 0 Å². The van der Waals surface area contributed by atoms with Crippen molar-refractivity contribution in [1.82, 2.24) is 14.8 Å². The molecule has 4 rings (SSSR count). The summed E-state index contributed by atoms with van der Waals surface area (Å²) < 4.78 is 15.1. The fourth-order valence-corrected chi connectivity index (χ4v) is 2.74. The molecule has 4 nitrogen and oxygen atoms in total. The molecule has 0 saturated carbocycles. The first-order chi connectivity index (χ1) is 11.2. The van der Waals surface area contributed by atoms with Gasteiger partial charge in [0.25, 0.3) is 0 Å². The van der Waals surface area contributed by atoms with Gasteiger partial charge in [-0.1, -0.05) is 42.0 Å². The average Bonchev–Trinajstić information content (AvgIpc) is 3.04. The average molecular weight is 306 g/mol. The molecule has 114 valence electrons. The second kappa shape index (κ2) is 5.35. The first-order valence-electron chi connectivity index (χ1n) is 7.42. The van der Waals surface area contributed by atoms with Crippen molar-refractivity contribution in [2.75, 3.05) is 5.32 Å². The molecule has 1 atom stereocenters. The molecule has 1 N–H and O–H groups in total. The van der Waals surface area contributed by atoms with Crippen LogP contribution in [0, 0.1) is 12.7 Å². The maximum atomic E-state index is 13.2. The third-order valence-electron chi connectivity index (χ3n) is 3.99. The van der Waals surface area contributed by atoms with E-state index in [-0.39, 0.29) is 11.9 Å². The van der Waals surface area contributed by atoms with Crippen molar-refractivity contribution in [1.29, 1.82) is 0 Å². The number of nitrogens with one attached hydrogen (secondary N) is 1. The van der Waals surface area contributed by atoms with Crippen LogP contribution >= 0.6 is 0 Å². The summed E-state index contributed by atoms with van der Waals surface area (Å²) in [6.07, 6.45) is 3.79. The molecule has 0 amide bonds. The summed E-state index contributed by atoms with van der Waals surface area (Å²) in [5.74, 6) is 0.438. The van der Waals surface area contributed by atoms with Crippen LogP contribution in [-0.2, 0) is 0 Å². The van der Waals surface area contributed by atoms with Gasteiger partial charge < -0.3 is 5.32 Å². The summed E-state index contributed by atoms with van der Waals surface area (Å²) in [4.78, 5) is 0. The van der Waals surface area contributed by atoms with E-state index in [1.165, 1.54) is 17.7 Å². The number of anilines is 1. The van der Waals surface area contributed by atoms with Crippen LogP contribution in [0.2, 0.25) is 0 Å². The Labute approximate surface area is 133 Å². The Morgan fingerprint density at radius 3 is 2.52 bits per heavy atom. The zero-order valence-electron chi connectivity index (χ0n) is 12.6. The van der Waals surface area contributed by atoms with Gasteiger partial charge in [0, 0.05) is 0 Å². The first kappa shape index (κ1) is 13.7. The zero-order chi connectivity index (χ0) is 15.8. The number of aromatic nitrogens is 3. The summed E-state index contributed by atoms with van der Waals surface area (Å²) in [7, 11) is 0. The highest BCUT2D eigenvalue weighted by molar-refractivity contribution is 5.72. The molecule has 0 aliphatic carbocycles. The highest BCUT2D eigenvalue weighted by Crippen LogP contribution is 2.32. The summed E-state index contributed by atoms with van der Waals surface area (Å²) >= 11 is 0.